The minimum absolute atomic E-state index is 0.0263. The molecular weight excluding hydrogens is 439 g/mol. The Morgan fingerprint density at radius 1 is 1.10 bits per heavy atom. The summed E-state index contributed by atoms with van der Waals surface area (Å²) >= 11 is 12.3. The molecule has 0 bridgehead atoms. The SMILES string of the molecule is COc1ccc(/C(O)=C2\C(=O)C(=O)N(CCCN(C)C)[C@@H]2c2ccc(Cl)c(Cl)c2)cc1. The normalized spacial score (nSPS) is 18.1. The van der Waals surface area contributed by atoms with Crippen LogP contribution in [0.1, 0.15) is 23.6 Å². The number of carbonyl (C=O) groups excluding carboxylic acids is 2. The molecule has 6 nitrogen and oxygen atoms in total. The minimum atomic E-state index is -0.765. The van der Waals surface area contributed by atoms with E-state index in [4.69, 9.17) is 27.9 Å². The zero-order valence-corrected chi connectivity index (χ0v) is 19.1. The number of aliphatic hydroxyl groups is 1. The molecule has 1 amide bonds. The Morgan fingerprint density at radius 3 is 2.35 bits per heavy atom. The molecule has 0 unspecified atom stereocenters. The number of nitrogens with zero attached hydrogens (tertiary/aromatic N) is 2. The lowest BCUT2D eigenvalue weighted by atomic mass is 9.95. The summed E-state index contributed by atoms with van der Waals surface area (Å²) < 4.78 is 5.15. The number of halogens is 2. The monoisotopic (exact) mass is 462 g/mol. The number of methoxy groups -OCH3 is 1. The van der Waals surface area contributed by atoms with E-state index in [1.54, 1.807) is 49.6 Å². The fourth-order valence-electron chi connectivity index (χ4n) is 3.60. The minimum Gasteiger partial charge on any atom is -0.507 e. The largest absolute Gasteiger partial charge is 0.507 e. The van der Waals surface area contributed by atoms with Gasteiger partial charge in [0.2, 0.25) is 0 Å². The molecule has 0 spiro atoms. The second-order valence-corrected chi connectivity index (χ2v) is 8.37. The van der Waals surface area contributed by atoms with Crippen LogP contribution in [0.5, 0.6) is 5.75 Å². The Kier molecular flexibility index (Phi) is 7.26. The van der Waals surface area contributed by atoms with Gasteiger partial charge in [-0.2, -0.15) is 0 Å². The van der Waals surface area contributed by atoms with Crippen molar-refractivity contribution >= 4 is 40.7 Å². The van der Waals surface area contributed by atoms with Crippen molar-refractivity contribution in [2.24, 2.45) is 0 Å². The Labute approximate surface area is 191 Å². The summed E-state index contributed by atoms with van der Waals surface area (Å²) in [6.07, 6.45) is 0.667. The molecule has 2 aromatic carbocycles. The molecule has 1 aliphatic rings. The standard InChI is InChI=1S/C23H24Cl2N2O4/c1-26(2)11-4-12-27-20(15-7-10-17(24)18(25)13-15)19(22(29)23(27)30)21(28)14-5-8-16(31-3)9-6-14/h5-10,13,20,28H,4,11-12H2,1-3H3/b21-19+/t20-/m1/s1. The van der Waals surface area contributed by atoms with Crippen molar-refractivity contribution in [3.05, 3.63) is 69.2 Å². The molecule has 1 heterocycles. The number of hydrogen-bond donors (Lipinski definition) is 1. The Morgan fingerprint density at radius 2 is 1.77 bits per heavy atom. The summed E-state index contributed by atoms with van der Waals surface area (Å²) in [6, 6.07) is 10.8. The number of amides is 1. The third kappa shape index (κ3) is 4.87. The smallest absolute Gasteiger partial charge is 0.295 e. The second-order valence-electron chi connectivity index (χ2n) is 7.55. The second kappa shape index (κ2) is 9.73. The summed E-state index contributed by atoms with van der Waals surface area (Å²) in [6.45, 7) is 1.10. The number of rotatable bonds is 7. The summed E-state index contributed by atoms with van der Waals surface area (Å²) in [5.74, 6) is -1.01. The van der Waals surface area contributed by atoms with Crippen LogP contribution in [-0.4, -0.2) is 60.9 Å². The molecular formula is C23H24Cl2N2O4. The predicted molar refractivity (Wildman–Crippen MR) is 122 cm³/mol. The molecule has 0 saturated carbocycles. The number of ketones is 1. The topological polar surface area (TPSA) is 70.1 Å². The van der Waals surface area contributed by atoms with Gasteiger partial charge in [-0.3, -0.25) is 9.59 Å². The van der Waals surface area contributed by atoms with Crippen molar-refractivity contribution in [1.82, 2.24) is 9.80 Å². The van der Waals surface area contributed by atoms with Gasteiger partial charge in [0.15, 0.2) is 0 Å². The molecule has 3 rings (SSSR count). The van der Waals surface area contributed by atoms with Crippen molar-refractivity contribution in [2.75, 3.05) is 34.3 Å². The highest BCUT2D eigenvalue weighted by molar-refractivity contribution is 6.46. The highest BCUT2D eigenvalue weighted by Crippen LogP contribution is 2.41. The average Bonchev–Trinajstić information content (AvgIpc) is 3.00. The number of carbonyl (C=O) groups is 2. The van der Waals surface area contributed by atoms with Gasteiger partial charge in [-0.25, -0.2) is 0 Å². The Bertz CT molecular complexity index is 1020. The molecule has 2 aromatic rings. The van der Waals surface area contributed by atoms with Crippen LogP contribution in [0.4, 0.5) is 0 Å². The molecule has 1 fully saturated rings. The van der Waals surface area contributed by atoms with Crippen LogP contribution < -0.4 is 4.74 Å². The third-order valence-corrected chi connectivity index (χ3v) is 5.91. The number of Topliss-reactive ketones (excluding diaryl/α,β-unsaturated/α-hetero) is 1. The number of ether oxygens (including phenoxy) is 1. The van der Waals surface area contributed by atoms with E-state index in [0.717, 1.165) is 6.54 Å². The van der Waals surface area contributed by atoms with Crippen molar-refractivity contribution < 1.29 is 19.4 Å². The van der Waals surface area contributed by atoms with E-state index in [1.807, 2.05) is 19.0 Å². The first-order chi connectivity index (χ1) is 14.7. The molecule has 0 aromatic heterocycles. The van der Waals surface area contributed by atoms with Crippen molar-refractivity contribution in [3.63, 3.8) is 0 Å². The van der Waals surface area contributed by atoms with Crippen molar-refractivity contribution in [2.45, 2.75) is 12.5 Å². The third-order valence-electron chi connectivity index (χ3n) is 5.17. The van der Waals surface area contributed by atoms with Gasteiger partial charge >= 0.3 is 0 Å². The first kappa shape index (κ1) is 23.1. The van der Waals surface area contributed by atoms with Gasteiger partial charge in [0.25, 0.3) is 11.7 Å². The lowest BCUT2D eigenvalue weighted by Gasteiger charge is -2.26. The molecule has 1 atom stereocenters. The quantitative estimate of drug-likeness (QED) is 0.375. The van der Waals surface area contributed by atoms with Crippen LogP contribution in [0.15, 0.2) is 48.0 Å². The zero-order chi connectivity index (χ0) is 22.7. The zero-order valence-electron chi connectivity index (χ0n) is 17.6. The van der Waals surface area contributed by atoms with Gasteiger partial charge in [-0.05, 0) is 69.0 Å². The van der Waals surface area contributed by atoms with Gasteiger partial charge in [-0.15, -0.1) is 0 Å². The van der Waals surface area contributed by atoms with Crippen LogP contribution in [0.2, 0.25) is 10.0 Å². The van der Waals surface area contributed by atoms with E-state index in [9.17, 15) is 14.7 Å². The number of aliphatic hydroxyl groups excluding tert-OH is 1. The lowest BCUT2D eigenvalue weighted by Crippen LogP contribution is -2.32. The molecule has 8 heteroatoms. The maximum Gasteiger partial charge on any atom is 0.295 e. The van der Waals surface area contributed by atoms with E-state index < -0.39 is 17.7 Å². The van der Waals surface area contributed by atoms with Crippen LogP contribution >= 0.6 is 23.2 Å². The molecule has 1 saturated heterocycles. The van der Waals surface area contributed by atoms with E-state index in [2.05, 4.69) is 0 Å². The number of benzene rings is 2. The van der Waals surface area contributed by atoms with Crippen molar-refractivity contribution in [1.29, 1.82) is 0 Å². The van der Waals surface area contributed by atoms with Crippen LogP contribution in [-0.2, 0) is 9.59 Å². The summed E-state index contributed by atoms with van der Waals surface area (Å²) in [5, 5.41) is 11.7. The van der Waals surface area contributed by atoms with E-state index >= 15 is 0 Å². The van der Waals surface area contributed by atoms with Gasteiger partial charge in [-0.1, -0.05) is 29.3 Å². The molecule has 1 N–H and O–H groups in total. The summed E-state index contributed by atoms with van der Waals surface area (Å²) in [5.41, 5.74) is 1.05. The van der Waals surface area contributed by atoms with Crippen LogP contribution in [0, 0.1) is 0 Å². The molecule has 164 valence electrons. The molecule has 0 radical (unpaired) electrons. The Balaban J connectivity index is 2.10. The first-order valence-corrected chi connectivity index (χ1v) is 10.5. The average molecular weight is 463 g/mol. The maximum atomic E-state index is 13.0. The van der Waals surface area contributed by atoms with E-state index in [1.165, 1.54) is 4.90 Å². The molecule has 31 heavy (non-hydrogen) atoms. The van der Waals surface area contributed by atoms with Crippen LogP contribution in [0.3, 0.4) is 0 Å². The highest BCUT2D eigenvalue weighted by Gasteiger charge is 2.45. The van der Waals surface area contributed by atoms with Crippen molar-refractivity contribution in [3.8, 4) is 5.75 Å². The number of likely N-dealkylation sites (tertiary alicyclic amines) is 1. The van der Waals surface area contributed by atoms with Gasteiger partial charge in [0.1, 0.15) is 11.5 Å². The first-order valence-electron chi connectivity index (χ1n) is 9.77. The van der Waals surface area contributed by atoms with E-state index in [-0.39, 0.29) is 11.3 Å². The van der Waals surface area contributed by atoms with Gasteiger partial charge in [0, 0.05) is 12.1 Å². The van der Waals surface area contributed by atoms with E-state index in [0.29, 0.717) is 39.9 Å². The molecule has 1 aliphatic heterocycles. The summed E-state index contributed by atoms with van der Waals surface area (Å²) in [7, 11) is 5.42. The fraction of sp³-hybridized carbons (Fsp3) is 0.304. The van der Waals surface area contributed by atoms with Gasteiger partial charge in [0.05, 0.1) is 28.8 Å². The van der Waals surface area contributed by atoms with Crippen LogP contribution in [0.25, 0.3) is 5.76 Å². The maximum absolute atomic E-state index is 13.0. The highest BCUT2D eigenvalue weighted by atomic mass is 35.5. The predicted octanol–water partition coefficient (Wildman–Crippen LogP) is 4.38. The fourth-order valence-corrected chi connectivity index (χ4v) is 3.91. The Hall–Kier alpha value is -2.54. The number of hydrogen-bond acceptors (Lipinski definition) is 5. The van der Waals surface area contributed by atoms with Gasteiger partial charge < -0.3 is 19.6 Å². The lowest BCUT2D eigenvalue weighted by molar-refractivity contribution is -0.139. The summed E-state index contributed by atoms with van der Waals surface area (Å²) in [4.78, 5) is 29.4. The molecule has 0 aliphatic carbocycles.